The number of halogens is 3. The Labute approximate surface area is 138 Å². The fourth-order valence-corrected chi connectivity index (χ4v) is 2.18. The smallest absolute Gasteiger partial charge is 0.404 e. The zero-order valence-electron chi connectivity index (χ0n) is 12.5. The van der Waals surface area contributed by atoms with Crippen molar-refractivity contribution in [1.82, 2.24) is 14.2 Å². The number of fused-ring (bicyclic) bond motifs is 1. The number of alkyl halides is 3. The third-order valence-corrected chi connectivity index (χ3v) is 3.17. The highest BCUT2D eigenvalue weighted by atomic mass is 19.4. The summed E-state index contributed by atoms with van der Waals surface area (Å²) in [7, 11) is 0. The first-order chi connectivity index (χ1) is 11.8. The lowest BCUT2D eigenvalue weighted by Gasteiger charge is -2.13. The number of benzene rings is 1. The van der Waals surface area contributed by atoms with Crippen molar-refractivity contribution in [3.05, 3.63) is 59.1 Å². The Bertz CT molecular complexity index is 978. The van der Waals surface area contributed by atoms with Gasteiger partial charge in [0.05, 0.1) is 5.69 Å². The highest BCUT2D eigenvalue weighted by Gasteiger charge is 2.32. The van der Waals surface area contributed by atoms with Gasteiger partial charge >= 0.3 is 12.1 Å². The minimum Gasteiger partial charge on any atom is -0.404 e. The number of para-hydroxylation sites is 2. The molecule has 0 bridgehead atoms. The molecule has 0 radical (unpaired) electrons. The first-order valence-corrected chi connectivity index (χ1v) is 7.02. The predicted octanol–water partition coefficient (Wildman–Crippen LogP) is 2.03. The lowest BCUT2D eigenvalue weighted by molar-refractivity contribution is -0.274. The largest absolute Gasteiger partial charge is 0.573 e. The van der Waals surface area contributed by atoms with Crippen LogP contribution in [0.2, 0.25) is 0 Å². The number of hydrogen-bond acceptors (Lipinski definition) is 4. The Morgan fingerprint density at radius 1 is 1.16 bits per heavy atom. The molecular formula is C15H11F3N4O3. The molecule has 3 rings (SSSR count). The average Bonchev–Trinajstić information content (AvgIpc) is 2.84. The van der Waals surface area contributed by atoms with Gasteiger partial charge in [-0.3, -0.25) is 9.20 Å². The SMILES string of the molecule is O=C(Cn1nc2ccccn2c1=O)Nc1ccccc1OC(F)(F)F. The Morgan fingerprint density at radius 2 is 1.88 bits per heavy atom. The van der Waals surface area contributed by atoms with Crippen molar-refractivity contribution in [3.63, 3.8) is 0 Å². The van der Waals surface area contributed by atoms with Crippen molar-refractivity contribution >= 4 is 17.2 Å². The molecule has 0 spiro atoms. The molecule has 2 aromatic heterocycles. The van der Waals surface area contributed by atoms with E-state index in [1.807, 2.05) is 0 Å². The van der Waals surface area contributed by atoms with Gasteiger partial charge in [0.15, 0.2) is 11.4 Å². The summed E-state index contributed by atoms with van der Waals surface area (Å²) in [6.45, 7) is -0.457. The average molecular weight is 352 g/mol. The van der Waals surface area contributed by atoms with Gasteiger partial charge in [0.25, 0.3) is 0 Å². The van der Waals surface area contributed by atoms with Crippen molar-refractivity contribution in [2.24, 2.45) is 0 Å². The Balaban J connectivity index is 1.79. The number of nitrogens with zero attached hydrogens (tertiary/aromatic N) is 3. The van der Waals surface area contributed by atoms with Crippen molar-refractivity contribution in [3.8, 4) is 5.75 Å². The van der Waals surface area contributed by atoms with Gasteiger partial charge in [0.1, 0.15) is 6.54 Å². The molecule has 2 heterocycles. The van der Waals surface area contributed by atoms with Crippen LogP contribution in [-0.4, -0.2) is 26.5 Å². The van der Waals surface area contributed by atoms with E-state index in [-0.39, 0.29) is 5.69 Å². The minimum atomic E-state index is -4.89. The van der Waals surface area contributed by atoms with Gasteiger partial charge in [-0.15, -0.1) is 18.3 Å². The molecule has 1 amide bonds. The monoisotopic (exact) mass is 352 g/mol. The summed E-state index contributed by atoms with van der Waals surface area (Å²) in [5, 5.41) is 6.25. The van der Waals surface area contributed by atoms with E-state index in [9.17, 15) is 22.8 Å². The van der Waals surface area contributed by atoms with Gasteiger partial charge < -0.3 is 10.1 Å². The summed E-state index contributed by atoms with van der Waals surface area (Å²) >= 11 is 0. The van der Waals surface area contributed by atoms with Crippen LogP contribution in [0.1, 0.15) is 0 Å². The Morgan fingerprint density at radius 3 is 2.60 bits per heavy atom. The first-order valence-electron chi connectivity index (χ1n) is 7.02. The standard InChI is InChI=1S/C15H11F3N4O3/c16-15(17,18)25-11-6-2-1-5-10(11)19-13(23)9-22-14(24)21-8-4-3-7-12(21)20-22/h1-8H,9H2,(H,19,23). The van der Waals surface area contributed by atoms with E-state index < -0.39 is 30.3 Å². The molecule has 10 heteroatoms. The number of pyridine rings is 1. The number of ether oxygens (including phenoxy) is 1. The molecule has 25 heavy (non-hydrogen) atoms. The second-order valence-electron chi connectivity index (χ2n) is 4.96. The molecule has 1 aromatic carbocycles. The maximum absolute atomic E-state index is 12.4. The van der Waals surface area contributed by atoms with E-state index in [1.54, 1.807) is 18.2 Å². The molecule has 3 aromatic rings. The van der Waals surface area contributed by atoms with Crippen molar-refractivity contribution in [2.45, 2.75) is 12.9 Å². The zero-order valence-corrected chi connectivity index (χ0v) is 12.5. The van der Waals surface area contributed by atoms with Crippen molar-refractivity contribution in [2.75, 3.05) is 5.32 Å². The molecule has 0 unspecified atom stereocenters. The number of anilines is 1. The van der Waals surface area contributed by atoms with E-state index >= 15 is 0 Å². The van der Waals surface area contributed by atoms with E-state index in [1.165, 1.54) is 28.8 Å². The van der Waals surface area contributed by atoms with Gasteiger partial charge in [-0.2, -0.15) is 0 Å². The van der Waals surface area contributed by atoms with E-state index in [0.717, 1.165) is 10.7 Å². The van der Waals surface area contributed by atoms with Crippen LogP contribution in [0.5, 0.6) is 5.75 Å². The molecule has 0 fully saturated rings. The molecule has 0 atom stereocenters. The molecule has 0 aliphatic heterocycles. The van der Waals surface area contributed by atoms with Gasteiger partial charge in [0.2, 0.25) is 5.91 Å². The molecule has 1 N–H and O–H groups in total. The number of nitrogens with one attached hydrogen (secondary N) is 1. The molecular weight excluding hydrogens is 341 g/mol. The van der Waals surface area contributed by atoms with Crippen LogP contribution >= 0.6 is 0 Å². The summed E-state index contributed by atoms with van der Waals surface area (Å²) in [5.41, 5.74) is -0.353. The zero-order chi connectivity index (χ0) is 18.0. The first kappa shape index (κ1) is 16.6. The Kier molecular flexibility index (Phi) is 4.17. The van der Waals surface area contributed by atoms with Crippen LogP contribution in [0.25, 0.3) is 5.65 Å². The van der Waals surface area contributed by atoms with Gasteiger partial charge in [-0.25, -0.2) is 9.48 Å². The predicted molar refractivity (Wildman–Crippen MR) is 81.2 cm³/mol. The normalized spacial score (nSPS) is 11.5. The molecule has 0 saturated heterocycles. The topological polar surface area (TPSA) is 77.6 Å². The number of aromatic nitrogens is 3. The van der Waals surface area contributed by atoms with E-state index in [0.29, 0.717) is 5.65 Å². The maximum Gasteiger partial charge on any atom is 0.573 e. The number of carbonyl (C=O) groups excluding carboxylic acids is 1. The number of amides is 1. The fourth-order valence-electron chi connectivity index (χ4n) is 2.18. The van der Waals surface area contributed by atoms with Crippen LogP contribution in [0.3, 0.4) is 0 Å². The lowest BCUT2D eigenvalue weighted by Crippen LogP contribution is -2.28. The minimum absolute atomic E-state index is 0.165. The lowest BCUT2D eigenvalue weighted by atomic mass is 10.3. The van der Waals surface area contributed by atoms with Crippen molar-refractivity contribution < 1.29 is 22.7 Å². The van der Waals surface area contributed by atoms with Gasteiger partial charge in [-0.1, -0.05) is 18.2 Å². The van der Waals surface area contributed by atoms with Gasteiger partial charge in [0, 0.05) is 6.20 Å². The highest BCUT2D eigenvalue weighted by Crippen LogP contribution is 2.29. The quantitative estimate of drug-likeness (QED) is 0.779. The van der Waals surface area contributed by atoms with Crippen LogP contribution in [0.15, 0.2) is 53.5 Å². The van der Waals surface area contributed by atoms with Crippen LogP contribution in [0.4, 0.5) is 18.9 Å². The van der Waals surface area contributed by atoms with Crippen LogP contribution in [-0.2, 0) is 11.3 Å². The number of hydrogen-bond donors (Lipinski definition) is 1. The third-order valence-electron chi connectivity index (χ3n) is 3.17. The summed E-state index contributed by atoms with van der Waals surface area (Å²) in [6, 6.07) is 10.00. The van der Waals surface area contributed by atoms with Crippen molar-refractivity contribution in [1.29, 1.82) is 0 Å². The second kappa shape index (κ2) is 6.30. The summed E-state index contributed by atoms with van der Waals surface area (Å²) in [4.78, 5) is 24.2. The van der Waals surface area contributed by atoms with E-state index in [4.69, 9.17) is 0 Å². The molecule has 130 valence electrons. The maximum atomic E-state index is 12.4. The fraction of sp³-hybridized carbons (Fsp3) is 0.133. The van der Waals surface area contributed by atoms with Crippen LogP contribution < -0.4 is 15.7 Å². The summed E-state index contributed by atoms with van der Waals surface area (Å²) in [5.74, 6) is -1.27. The number of carbonyl (C=O) groups is 1. The molecule has 0 aliphatic carbocycles. The summed E-state index contributed by atoms with van der Waals surface area (Å²) < 4.78 is 43.2. The molecule has 0 aliphatic rings. The Hall–Kier alpha value is -3.30. The van der Waals surface area contributed by atoms with Gasteiger partial charge in [-0.05, 0) is 24.3 Å². The number of rotatable bonds is 4. The van der Waals surface area contributed by atoms with E-state index in [2.05, 4.69) is 15.2 Å². The molecule has 7 nitrogen and oxygen atoms in total. The highest BCUT2D eigenvalue weighted by molar-refractivity contribution is 5.92. The summed E-state index contributed by atoms with van der Waals surface area (Å²) in [6.07, 6.45) is -3.40. The third kappa shape index (κ3) is 3.79. The second-order valence-corrected chi connectivity index (χ2v) is 4.96. The molecule has 0 saturated carbocycles. The van der Waals surface area contributed by atoms with Crippen LogP contribution in [0, 0.1) is 0 Å².